The average molecular weight is 691 g/mol. The number of alkyl carbamates (subject to hydrolysis) is 1. The molecule has 2 aromatic carbocycles. The number of hydrogen-bond acceptors (Lipinski definition) is 9. The maximum atomic E-state index is 13.5. The molecule has 1 aliphatic carbocycles. The summed E-state index contributed by atoms with van der Waals surface area (Å²) in [6, 6.07) is 13.3. The summed E-state index contributed by atoms with van der Waals surface area (Å²) in [5.74, 6) is -3.11. The molecular weight excluding hydrogens is 652 g/mol. The Morgan fingerprint density at radius 3 is 2.13 bits per heavy atom. The summed E-state index contributed by atoms with van der Waals surface area (Å²) in [6.07, 6.45) is 1.62. The molecule has 2 aromatic rings. The molecule has 3 atom stereocenters. The normalized spacial score (nSPS) is 14.9. The summed E-state index contributed by atoms with van der Waals surface area (Å²) >= 11 is 5.85. The zero-order valence-electron chi connectivity index (χ0n) is 26.3. The van der Waals surface area contributed by atoms with E-state index in [2.05, 4.69) is 21.3 Å². The number of rotatable bonds is 15. The van der Waals surface area contributed by atoms with Gasteiger partial charge < -0.3 is 30.7 Å². The predicted octanol–water partition coefficient (Wildman–Crippen LogP) is 1.88. The Labute approximate surface area is 278 Å². The van der Waals surface area contributed by atoms with Crippen LogP contribution in [0.3, 0.4) is 0 Å². The van der Waals surface area contributed by atoms with Crippen LogP contribution in [0.5, 0.6) is 0 Å². The van der Waals surface area contributed by atoms with E-state index in [-0.39, 0.29) is 19.1 Å². The van der Waals surface area contributed by atoms with Crippen LogP contribution >= 0.6 is 11.6 Å². The Morgan fingerprint density at radius 2 is 1.53 bits per heavy atom. The van der Waals surface area contributed by atoms with Crippen LogP contribution < -0.4 is 21.3 Å². The smallest absolute Gasteiger partial charge is 0.408 e. The predicted molar refractivity (Wildman–Crippen MR) is 173 cm³/mol. The molecule has 0 heterocycles. The first kappa shape index (κ1) is 37.0. The van der Waals surface area contributed by atoms with Crippen molar-refractivity contribution in [2.45, 2.75) is 57.8 Å². The molecule has 0 saturated heterocycles. The van der Waals surface area contributed by atoms with Crippen molar-refractivity contribution < 1.29 is 41.9 Å². The molecular formula is C32H39ClN4O9S. The number of amides is 4. The van der Waals surface area contributed by atoms with E-state index in [4.69, 9.17) is 21.1 Å². The Morgan fingerprint density at radius 1 is 0.915 bits per heavy atom. The van der Waals surface area contributed by atoms with E-state index >= 15 is 0 Å². The molecule has 0 bridgehead atoms. The van der Waals surface area contributed by atoms with E-state index in [9.17, 15) is 32.4 Å². The van der Waals surface area contributed by atoms with Crippen molar-refractivity contribution in [2.24, 2.45) is 5.92 Å². The van der Waals surface area contributed by atoms with Crippen molar-refractivity contribution in [2.75, 3.05) is 19.4 Å². The fourth-order valence-electron chi connectivity index (χ4n) is 4.88. The topological polar surface area (TPSA) is 186 Å². The third-order valence-corrected chi connectivity index (χ3v) is 9.03. The number of nitrogens with one attached hydrogen (secondary N) is 4. The molecule has 0 saturated carbocycles. The van der Waals surface area contributed by atoms with Gasteiger partial charge in [-0.1, -0.05) is 66.2 Å². The Balaban J connectivity index is 1.66. The maximum absolute atomic E-state index is 13.5. The molecule has 13 nitrogen and oxygen atoms in total. The molecule has 254 valence electrons. The van der Waals surface area contributed by atoms with Gasteiger partial charge in [0.25, 0.3) is 0 Å². The second-order valence-corrected chi connectivity index (χ2v) is 13.6. The summed E-state index contributed by atoms with van der Waals surface area (Å²) in [5.41, 5.74) is 2.81. The highest BCUT2D eigenvalue weighted by Crippen LogP contribution is 2.29. The van der Waals surface area contributed by atoms with E-state index in [1.54, 1.807) is 31.2 Å². The quantitative estimate of drug-likeness (QED) is 0.203. The Hall–Kier alpha value is -4.43. The fourth-order valence-corrected chi connectivity index (χ4v) is 5.44. The van der Waals surface area contributed by atoms with Crippen LogP contribution in [-0.4, -0.2) is 75.7 Å². The minimum absolute atomic E-state index is 0.00530. The van der Waals surface area contributed by atoms with Gasteiger partial charge in [-0.25, -0.2) is 13.2 Å². The molecule has 0 aliphatic heterocycles. The summed E-state index contributed by atoms with van der Waals surface area (Å²) < 4.78 is 33.1. The van der Waals surface area contributed by atoms with Gasteiger partial charge >= 0.3 is 12.1 Å². The monoisotopic (exact) mass is 690 g/mol. The van der Waals surface area contributed by atoms with Gasteiger partial charge in [0.2, 0.25) is 17.7 Å². The van der Waals surface area contributed by atoms with Crippen LogP contribution in [0.2, 0.25) is 0 Å². The molecule has 0 spiro atoms. The Bertz CT molecular complexity index is 1560. The lowest BCUT2D eigenvalue weighted by Gasteiger charge is -2.26. The molecule has 15 heteroatoms. The number of esters is 1. The lowest BCUT2D eigenvalue weighted by molar-refractivity contribution is -0.143. The molecule has 3 rings (SSSR count). The lowest BCUT2D eigenvalue weighted by atomic mass is 9.95. The second-order valence-electron chi connectivity index (χ2n) is 11.0. The van der Waals surface area contributed by atoms with Crippen molar-refractivity contribution in [3.8, 4) is 0 Å². The number of carbonyl (C=O) groups excluding carboxylic acids is 5. The van der Waals surface area contributed by atoms with Crippen LogP contribution in [0, 0.1) is 5.92 Å². The van der Waals surface area contributed by atoms with Gasteiger partial charge in [-0.15, -0.1) is 0 Å². The maximum Gasteiger partial charge on any atom is 0.408 e. The van der Waals surface area contributed by atoms with Crippen molar-refractivity contribution in [1.29, 1.82) is 0 Å². The highest BCUT2D eigenvalue weighted by Gasteiger charge is 2.35. The fraction of sp³-hybridized carbons (Fsp3) is 0.406. The molecule has 0 fully saturated rings. The number of carbonyl (C=O) groups is 5. The van der Waals surface area contributed by atoms with Crippen LogP contribution in [0.4, 0.5) is 4.79 Å². The number of halogens is 1. The van der Waals surface area contributed by atoms with Crippen LogP contribution in [0.25, 0.3) is 0 Å². The minimum atomic E-state index is -3.81. The lowest BCUT2D eigenvalue weighted by Crippen LogP contribution is -2.56. The number of fused-ring (bicyclic) bond motifs is 1. The third kappa shape index (κ3) is 12.0. The van der Waals surface area contributed by atoms with E-state index in [1.807, 2.05) is 30.3 Å². The zero-order valence-corrected chi connectivity index (χ0v) is 27.9. The number of ether oxygens (including phenoxy) is 2. The van der Waals surface area contributed by atoms with Gasteiger partial charge in [-0.05, 0) is 55.4 Å². The van der Waals surface area contributed by atoms with Crippen molar-refractivity contribution in [3.05, 3.63) is 81.7 Å². The first-order chi connectivity index (χ1) is 22.3. The first-order valence-electron chi connectivity index (χ1n) is 14.9. The first-order valence-corrected chi connectivity index (χ1v) is 17.2. The highest BCUT2D eigenvalue weighted by molar-refractivity contribution is 7.96. The molecule has 1 aliphatic rings. The van der Waals surface area contributed by atoms with Gasteiger partial charge in [-0.2, -0.15) is 0 Å². The summed E-state index contributed by atoms with van der Waals surface area (Å²) in [7, 11) is -3.81. The summed E-state index contributed by atoms with van der Waals surface area (Å²) in [4.78, 5) is 63.8. The third-order valence-electron chi connectivity index (χ3n) is 7.22. The number of benzene rings is 2. The van der Waals surface area contributed by atoms with Crippen molar-refractivity contribution in [3.63, 3.8) is 0 Å². The van der Waals surface area contributed by atoms with Crippen LogP contribution in [0.1, 0.15) is 37.0 Å². The van der Waals surface area contributed by atoms with Gasteiger partial charge in [0.15, 0.2) is 9.84 Å². The molecule has 4 amide bonds. The molecule has 47 heavy (non-hydrogen) atoms. The standard InChI is InChI=1S/C32H39ClN4O9S/c1-4-45-28(39)17-25(16-26(33)47(3,43)44)36-27(38)18-34-31(41)29(24-14-22-12-8-9-13-23(22)15-24)37-30(40)20(2)35-32(42)46-19-21-10-6-5-7-11-21/h5-13,16,20,24-25,29H,4,14-15,17-19H2,1-3H3,(H,34,41)(H,35,42)(H,36,38)(H,37,40). The van der Waals surface area contributed by atoms with E-state index in [0.717, 1.165) is 29.0 Å². The Kier molecular flexibility index (Phi) is 13.8. The van der Waals surface area contributed by atoms with Crippen LogP contribution in [0.15, 0.2) is 65.0 Å². The number of hydrogen-bond donors (Lipinski definition) is 4. The van der Waals surface area contributed by atoms with E-state index < -0.39 is 75.1 Å². The van der Waals surface area contributed by atoms with Gasteiger partial charge in [0.1, 0.15) is 23.1 Å². The summed E-state index contributed by atoms with van der Waals surface area (Å²) in [5, 5.41) is 10.1. The highest BCUT2D eigenvalue weighted by atomic mass is 35.5. The van der Waals surface area contributed by atoms with E-state index in [1.165, 1.54) is 6.92 Å². The second kappa shape index (κ2) is 17.5. The molecule has 0 radical (unpaired) electrons. The molecule has 4 N–H and O–H groups in total. The van der Waals surface area contributed by atoms with Gasteiger partial charge in [-0.3, -0.25) is 19.2 Å². The largest absolute Gasteiger partial charge is 0.466 e. The van der Waals surface area contributed by atoms with Gasteiger partial charge in [0.05, 0.1) is 25.6 Å². The minimum Gasteiger partial charge on any atom is -0.466 e. The average Bonchev–Trinajstić information content (AvgIpc) is 3.45. The van der Waals surface area contributed by atoms with Crippen LogP contribution in [-0.2, 0) is 57.9 Å². The molecule has 0 aromatic heterocycles. The SMILES string of the molecule is CCOC(=O)CC(C=C(Cl)S(C)(=O)=O)NC(=O)CNC(=O)C(NC(=O)C(C)NC(=O)OCc1ccccc1)C1Cc2ccccc2C1. The zero-order chi connectivity index (χ0) is 34.6. The van der Waals surface area contributed by atoms with Gasteiger partial charge in [0, 0.05) is 6.26 Å². The van der Waals surface area contributed by atoms with E-state index in [0.29, 0.717) is 12.8 Å². The summed E-state index contributed by atoms with van der Waals surface area (Å²) in [6.45, 7) is 2.55. The van der Waals surface area contributed by atoms with Crippen molar-refractivity contribution >= 4 is 51.2 Å². The van der Waals surface area contributed by atoms with Crippen molar-refractivity contribution in [1.82, 2.24) is 21.3 Å². The number of sulfone groups is 1. The molecule has 3 unspecified atom stereocenters.